The first-order valence-corrected chi connectivity index (χ1v) is 11.2. The molecule has 2 aliphatic heterocycles. The molecular formula is C19H30F3N5OS. The summed E-state index contributed by atoms with van der Waals surface area (Å²) in [5.41, 5.74) is -0.765. The third-order valence-electron chi connectivity index (χ3n) is 5.55. The summed E-state index contributed by atoms with van der Waals surface area (Å²) in [5.74, 6) is 0.699. The number of nitrogens with one attached hydrogen (secondary N) is 2. The van der Waals surface area contributed by atoms with Crippen LogP contribution >= 0.6 is 11.3 Å². The van der Waals surface area contributed by atoms with Gasteiger partial charge in [0, 0.05) is 43.6 Å². The molecule has 0 radical (unpaired) electrons. The van der Waals surface area contributed by atoms with Gasteiger partial charge in [-0.2, -0.15) is 13.2 Å². The van der Waals surface area contributed by atoms with Crippen LogP contribution in [0.15, 0.2) is 10.4 Å². The Kier molecular flexibility index (Phi) is 7.75. The van der Waals surface area contributed by atoms with Gasteiger partial charge in [0.25, 0.3) is 0 Å². The number of ether oxygens (including phenoxy) is 1. The number of aliphatic imine (C=N–C) groups is 1. The highest BCUT2D eigenvalue weighted by Crippen LogP contribution is 2.32. The molecule has 0 aromatic carbocycles. The van der Waals surface area contributed by atoms with Crippen molar-refractivity contribution in [3.05, 3.63) is 16.1 Å². The predicted molar refractivity (Wildman–Crippen MR) is 108 cm³/mol. The third-order valence-corrected chi connectivity index (χ3v) is 6.46. The van der Waals surface area contributed by atoms with E-state index in [2.05, 4.69) is 20.5 Å². The summed E-state index contributed by atoms with van der Waals surface area (Å²) in [5, 5.41) is 8.02. The lowest BCUT2D eigenvalue weighted by molar-refractivity contribution is -0.140. The lowest BCUT2D eigenvalue weighted by Gasteiger charge is -2.43. The summed E-state index contributed by atoms with van der Waals surface area (Å²) in [6.07, 6.45) is 0.476. The number of likely N-dealkylation sites (tertiary alicyclic amines) is 1. The number of aromatic nitrogens is 1. The van der Waals surface area contributed by atoms with E-state index >= 15 is 0 Å². The predicted octanol–water partition coefficient (Wildman–Crippen LogP) is 2.90. The van der Waals surface area contributed by atoms with Gasteiger partial charge >= 0.3 is 6.18 Å². The summed E-state index contributed by atoms with van der Waals surface area (Å²) >= 11 is 1.04. The Balaban J connectivity index is 1.57. The molecule has 2 N–H and O–H groups in total. The number of alkyl halides is 3. The second-order valence-corrected chi connectivity index (χ2v) is 8.47. The van der Waals surface area contributed by atoms with Gasteiger partial charge in [-0.15, -0.1) is 11.3 Å². The molecule has 0 amide bonds. The van der Waals surface area contributed by atoms with Crippen molar-refractivity contribution in [1.82, 2.24) is 20.5 Å². The Morgan fingerprint density at radius 3 is 2.62 bits per heavy atom. The molecule has 0 saturated carbocycles. The highest BCUT2D eigenvalue weighted by Gasteiger charge is 2.39. The van der Waals surface area contributed by atoms with Crippen molar-refractivity contribution >= 4 is 17.3 Å². The zero-order chi connectivity index (χ0) is 20.7. The molecule has 1 aromatic rings. The van der Waals surface area contributed by atoms with Crippen molar-refractivity contribution in [1.29, 1.82) is 0 Å². The molecular weight excluding hydrogens is 403 g/mol. The van der Waals surface area contributed by atoms with Gasteiger partial charge in [-0.1, -0.05) is 0 Å². The van der Waals surface area contributed by atoms with Crippen LogP contribution in [0.1, 0.15) is 43.3 Å². The molecule has 2 saturated heterocycles. The number of hydrogen-bond donors (Lipinski definition) is 2. The summed E-state index contributed by atoms with van der Waals surface area (Å²) in [7, 11) is 0. The molecule has 164 valence electrons. The topological polar surface area (TPSA) is 61.8 Å². The van der Waals surface area contributed by atoms with E-state index in [0.717, 1.165) is 62.4 Å². The highest BCUT2D eigenvalue weighted by molar-refractivity contribution is 7.09. The van der Waals surface area contributed by atoms with Crippen LogP contribution in [0.25, 0.3) is 0 Å². The zero-order valence-corrected chi connectivity index (χ0v) is 17.7. The summed E-state index contributed by atoms with van der Waals surface area (Å²) in [6, 6.07) is 0. The van der Waals surface area contributed by atoms with Crippen LogP contribution in [0.4, 0.5) is 13.2 Å². The summed E-state index contributed by atoms with van der Waals surface area (Å²) in [4.78, 5) is 11.1. The van der Waals surface area contributed by atoms with Gasteiger partial charge in [0.1, 0.15) is 0 Å². The maximum absolute atomic E-state index is 12.7. The van der Waals surface area contributed by atoms with Crippen LogP contribution in [0.5, 0.6) is 0 Å². The minimum absolute atomic E-state index is 0.0496. The Morgan fingerprint density at radius 2 is 2.00 bits per heavy atom. The maximum atomic E-state index is 12.7. The number of guanidine groups is 1. The largest absolute Gasteiger partial charge is 0.434 e. The molecule has 2 aliphatic rings. The average Bonchev–Trinajstić information content (AvgIpc) is 3.39. The molecule has 0 atom stereocenters. The minimum Gasteiger partial charge on any atom is -0.381 e. The van der Waals surface area contributed by atoms with E-state index in [1.54, 1.807) is 0 Å². The fourth-order valence-electron chi connectivity index (χ4n) is 3.93. The lowest BCUT2D eigenvalue weighted by atomic mass is 9.88. The molecule has 1 aromatic heterocycles. The van der Waals surface area contributed by atoms with E-state index in [9.17, 15) is 13.2 Å². The Morgan fingerprint density at radius 1 is 1.28 bits per heavy atom. The van der Waals surface area contributed by atoms with E-state index in [0.29, 0.717) is 30.5 Å². The Bertz CT molecular complexity index is 667. The molecule has 0 unspecified atom stereocenters. The molecule has 6 nitrogen and oxygen atoms in total. The standard InChI is InChI=1S/C19H30F3N5OS/c1-2-23-17(24-8-5-16-26-15(13-29-16)19(20,21)22)25-14-18(6-11-28-12-7-18)27-9-3-4-10-27/h13H,2-12,14H2,1H3,(H2,23,24,25). The second kappa shape index (κ2) is 10.1. The molecule has 0 spiro atoms. The quantitative estimate of drug-likeness (QED) is 0.512. The summed E-state index contributed by atoms with van der Waals surface area (Å²) < 4.78 is 43.6. The molecule has 10 heteroatoms. The van der Waals surface area contributed by atoms with Crippen LogP contribution in [0.2, 0.25) is 0 Å². The number of rotatable bonds is 7. The van der Waals surface area contributed by atoms with Crippen molar-refractivity contribution < 1.29 is 17.9 Å². The molecule has 2 fully saturated rings. The lowest BCUT2D eigenvalue weighted by Crippen LogP contribution is -2.54. The number of halogens is 3. The van der Waals surface area contributed by atoms with Gasteiger partial charge in [-0.3, -0.25) is 9.89 Å². The molecule has 3 heterocycles. The first-order chi connectivity index (χ1) is 13.9. The number of nitrogens with zero attached hydrogens (tertiary/aromatic N) is 3. The van der Waals surface area contributed by atoms with Crippen molar-refractivity contribution in [3.8, 4) is 0 Å². The highest BCUT2D eigenvalue weighted by atomic mass is 32.1. The van der Waals surface area contributed by atoms with Crippen molar-refractivity contribution in [2.75, 3.05) is 45.9 Å². The van der Waals surface area contributed by atoms with Crippen molar-refractivity contribution in [3.63, 3.8) is 0 Å². The van der Waals surface area contributed by atoms with Crippen LogP contribution in [0.3, 0.4) is 0 Å². The van der Waals surface area contributed by atoms with E-state index < -0.39 is 11.9 Å². The van der Waals surface area contributed by atoms with Gasteiger partial charge < -0.3 is 15.4 Å². The van der Waals surface area contributed by atoms with Gasteiger partial charge in [-0.25, -0.2) is 4.98 Å². The third kappa shape index (κ3) is 6.05. The smallest absolute Gasteiger partial charge is 0.381 e. The van der Waals surface area contributed by atoms with Gasteiger partial charge in [0.05, 0.1) is 11.6 Å². The normalized spacial score (nSPS) is 20.8. The van der Waals surface area contributed by atoms with E-state index in [1.165, 1.54) is 12.8 Å². The van der Waals surface area contributed by atoms with Crippen molar-refractivity contribution in [2.45, 2.75) is 50.7 Å². The Labute approximate surface area is 173 Å². The molecule has 29 heavy (non-hydrogen) atoms. The first-order valence-electron chi connectivity index (χ1n) is 10.3. The average molecular weight is 434 g/mol. The molecule has 0 bridgehead atoms. The maximum Gasteiger partial charge on any atom is 0.434 e. The zero-order valence-electron chi connectivity index (χ0n) is 16.9. The molecule has 3 rings (SSSR count). The van der Waals surface area contributed by atoms with E-state index in [-0.39, 0.29) is 5.54 Å². The Hall–Kier alpha value is -1.39. The fourth-order valence-corrected chi connectivity index (χ4v) is 4.73. The van der Waals surface area contributed by atoms with E-state index in [1.807, 2.05) is 6.92 Å². The van der Waals surface area contributed by atoms with Crippen LogP contribution in [-0.4, -0.2) is 67.3 Å². The van der Waals surface area contributed by atoms with Gasteiger partial charge in [-0.05, 0) is 45.7 Å². The molecule has 0 aliphatic carbocycles. The first kappa shape index (κ1) is 22.3. The fraction of sp³-hybridized carbons (Fsp3) is 0.789. The number of thiazole rings is 1. The number of hydrogen-bond acceptors (Lipinski definition) is 5. The summed E-state index contributed by atoms with van der Waals surface area (Å²) in [6.45, 7) is 7.66. The SMILES string of the molecule is CCNC(=NCC1(N2CCCC2)CCOCC1)NCCc1nc(C(F)(F)F)cs1. The second-order valence-electron chi connectivity index (χ2n) is 7.53. The van der Waals surface area contributed by atoms with Gasteiger partial charge in [0.2, 0.25) is 0 Å². The minimum atomic E-state index is -4.38. The van der Waals surface area contributed by atoms with Crippen molar-refractivity contribution in [2.24, 2.45) is 4.99 Å². The van der Waals surface area contributed by atoms with Crippen LogP contribution in [0, 0.1) is 0 Å². The van der Waals surface area contributed by atoms with Crippen LogP contribution < -0.4 is 10.6 Å². The van der Waals surface area contributed by atoms with E-state index in [4.69, 9.17) is 9.73 Å². The monoisotopic (exact) mass is 433 g/mol. The van der Waals surface area contributed by atoms with Gasteiger partial charge in [0.15, 0.2) is 11.7 Å². The van der Waals surface area contributed by atoms with Crippen LogP contribution in [-0.2, 0) is 17.3 Å².